The summed E-state index contributed by atoms with van der Waals surface area (Å²) in [5, 5.41) is 9.74. The van der Waals surface area contributed by atoms with Crippen LogP contribution in [0.25, 0.3) is 10.9 Å². The predicted octanol–water partition coefficient (Wildman–Crippen LogP) is 2.54. The Morgan fingerprint density at radius 2 is 2.24 bits per heavy atom. The number of aromatic nitrogens is 1. The van der Waals surface area contributed by atoms with Crippen molar-refractivity contribution in [3.05, 3.63) is 35.5 Å². The summed E-state index contributed by atoms with van der Waals surface area (Å²) in [4.78, 5) is 13.6. The lowest BCUT2D eigenvalue weighted by atomic mass is 10.1. The average Bonchev–Trinajstić information content (AvgIpc) is 2.72. The van der Waals surface area contributed by atoms with Crippen LogP contribution in [0, 0.1) is 11.8 Å². The van der Waals surface area contributed by atoms with Crippen molar-refractivity contribution in [3.8, 4) is 11.8 Å². The maximum absolute atomic E-state index is 10.8. The normalized spacial score (nSPS) is 9.94. The van der Waals surface area contributed by atoms with E-state index in [-0.39, 0.29) is 5.69 Å². The van der Waals surface area contributed by atoms with E-state index >= 15 is 0 Å². The van der Waals surface area contributed by atoms with E-state index < -0.39 is 5.97 Å². The molecular weight excluding hydrogens is 234 g/mol. The third-order valence-corrected chi connectivity index (χ3v) is 2.55. The van der Waals surface area contributed by atoms with Crippen LogP contribution in [0.15, 0.2) is 24.3 Å². The highest BCUT2D eigenvalue weighted by Crippen LogP contribution is 2.16. The lowest BCUT2D eigenvalue weighted by molar-refractivity contribution is 0.0691. The Kier molecular flexibility index (Phi) is 3.40. The van der Waals surface area contributed by atoms with Crippen LogP contribution in [-0.2, 0) is 0 Å². The zero-order valence-corrected chi connectivity index (χ0v) is 9.92. The second-order valence-corrected chi connectivity index (χ2v) is 4.01. The summed E-state index contributed by atoms with van der Waals surface area (Å²) in [6.07, 6.45) is 0.742. The summed E-state index contributed by atoms with van der Waals surface area (Å²) in [6, 6.07) is 7.21. The van der Waals surface area contributed by atoms with E-state index in [1.165, 1.54) is 0 Å². The molecule has 86 valence electrons. The molecule has 2 rings (SSSR count). The van der Waals surface area contributed by atoms with Gasteiger partial charge in [0.2, 0.25) is 0 Å². The molecule has 0 bridgehead atoms. The number of fused-ring (bicyclic) bond motifs is 1. The number of aromatic amines is 1. The summed E-state index contributed by atoms with van der Waals surface area (Å²) >= 11 is 4.08. The highest BCUT2D eigenvalue weighted by atomic mass is 32.1. The predicted molar refractivity (Wildman–Crippen MR) is 70.6 cm³/mol. The van der Waals surface area contributed by atoms with Gasteiger partial charge in [-0.05, 0) is 18.2 Å². The van der Waals surface area contributed by atoms with Crippen LogP contribution < -0.4 is 0 Å². The van der Waals surface area contributed by atoms with Crippen molar-refractivity contribution >= 4 is 29.5 Å². The molecule has 1 aromatic heterocycles. The molecule has 0 aliphatic rings. The lowest BCUT2D eigenvalue weighted by Gasteiger charge is -1.91. The van der Waals surface area contributed by atoms with Gasteiger partial charge in [-0.25, -0.2) is 4.79 Å². The first-order valence-corrected chi connectivity index (χ1v) is 5.80. The van der Waals surface area contributed by atoms with E-state index in [0.29, 0.717) is 0 Å². The second-order valence-electron chi connectivity index (χ2n) is 3.57. The molecule has 2 N–H and O–H groups in total. The smallest absolute Gasteiger partial charge is 0.352 e. The number of rotatable bonds is 2. The maximum atomic E-state index is 10.8. The molecule has 0 aliphatic heterocycles. The summed E-state index contributed by atoms with van der Waals surface area (Å²) in [5.74, 6) is 5.78. The van der Waals surface area contributed by atoms with Gasteiger partial charge in [-0.3, -0.25) is 0 Å². The molecule has 0 radical (unpaired) electrons. The Balaban J connectivity index is 2.37. The largest absolute Gasteiger partial charge is 0.477 e. The topological polar surface area (TPSA) is 53.1 Å². The Morgan fingerprint density at radius 1 is 1.41 bits per heavy atom. The fraction of sp³-hybridized carbons (Fsp3) is 0.154. The number of aromatic carboxylic acids is 1. The van der Waals surface area contributed by atoms with Crippen LogP contribution in [-0.4, -0.2) is 21.8 Å². The van der Waals surface area contributed by atoms with Gasteiger partial charge in [-0.15, -0.1) is 0 Å². The van der Waals surface area contributed by atoms with Crippen LogP contribution in [0.3, 0.4) is 0 Å². The van der Waals surface area contributed by atoms with Crippen molar-refractivity contribution in [1.82, 2.24) is 4.98 Å². The number of H-pyrrole nitrogens is 1. The number of carboxylic acid groups (broad SMARTS) is 1. The first-order valence-electron chi connectivity index (χ1n) is 5.16. The minimum atomic E-state index is -0.955. The first kappa shape index (κ1) is 11.6. The lowest BCUT2D eigenvalue weighted by Crippen LogP contribution is -1.94. The van der Waals surface area contributed by atoms with Crippen LogP contribution >= 0.6 is 12.6 Å². The number of hydrogen-bond acceptors (Lipinski definition) is 2. The van der Waals surface area contributed by atoms with E-state index in [4.69, 9.17) is 5.11 Å². The number of hydrogen-bond donors (Lipinski definition) is 3. The van der Waals surface area contributed by atoms with Gasteiger partial charge < -0.3 is 10.1 Å². The molecule has 1 heterocycles. The van der Waals surface area contributed by atoms with Gasteiger partial charge in [0.05, 0.1) is 0 Å². The Bertz CT molecular complexity index is 619. The van der Waals surface area contributed by atoms with E-state index in [1.54, 1.807) is 6.07 Å². The zero-order chi connectivity index (χ0) is 12.3. The van der Waals surface area contributed by atoms with Crippen molar-refractivity contribution in [3.63, 3.8) is 0 Å². The average molecular weight is 245 g/mol. The second kappa shape index (κ2) is 4.98. The van der Waals surface area contributed by atoms with Crippen molar-refractivity contribution in [1.29, 1.82) is 0 Å². The SMILES string of the molecule is O=C(O)c1cc2ccc(C#CCCS)cc2[nH]1. The minimum absolute atomic E-state index is 0.195. The molecule has 0 fully saturated rings. The highest BCUT2D eigenvalue weighted by Gasteiger charge is 2.06. The molecule has 0 spiro atoms. The summed E-state index contributed by atoms with van der Waals surface area (Å²) in [7, 11) is 0. The number of carbonyl (C=O) groups is 1. The van der Waals surface area contributed by atoms with Gasteiger partial charge in [0.1, 0.15) is 5.69 Å². The molecule has 0 aliphatic carbocycles. The van der Waals surface area contributed by atoms with Gasteiger partial charge in [-0.2, -0.15) is 12.6 Å². The van der Waals surface area contributed by atoms with Gasteiger partial charge >= 0.3 is 5.97 Å². The molecule has 0 saturated heterocycles. The quantitative estimate of drug-likeness (QED) is 0.562. The van der Waals surface area contributed by atoms with E-state index in [9.17, 15) is 4.79 Å². The van der Waals surface area contributed by atoms with Crippen molar-refractivity contribution in [2.75, 3.05) is 5.75 Å². The molecular formula is C13H11NO2S. The summed E-state index contributed by atoms with van der Waals surface area (Å²) in [5.41, 5.74) is 1.86. The first-order chi connectivity index (χ1) is 8.20. The van der Waals surface area contributed by atoms with Crippen molar-refractivity contribution in [2.24, 2.45) is 0 Å². The molecule has 0 atom stereocenters. The standard InChI is InChI=1S/C13H11NO2S/c15-13(16)12-8-10-5-4-9(3-1-2-6-17)7-11(10)14-12/h4-5,7-8,14,17H,2,6H2,(H,15,16). The third kappa shape index (κ3) is 2.63. The zero-order valence-electron chi connectivity index (χ0n) is 9.03. The molecule has 17 heavy (non-hydrogen) atoms. The van der Waals surface area contributed by atoms with E-state index in [1.807, 2.05) is 18.2 Å². The molecule has 3 nitrogen and oxygen atoms in total. The number of carboxylic acids is 1. The van der Waals surface area contributed by atoms with Gasteiger partial charge in [-0.1, -0.05) is 17.9 Å². The number of thiol groups is 1. The van der Waals surface area contributed by atoms with Crippen molar-refractivity contribution in [2.45, 2.75) is 6.42 Å². The molecule has 4 heteroatoms. The third-order valence-electron chi connectivity index (χ3n) is 2.32. The molecule has 0 unspecified atom stereocenters. The fourth-order valence-electron chi connectivity index (χ4n) is 1.54. The van der Waals surface area contributed by atoms with Gasteiger partial charge in [0, 0.05) is 28.6 Å². The monoisotopic (exact) mass is 245 g/mol. The van der Waals surface area contributed by atoms with Gasteiger partial charge in [0.25, 0.3) is 0 Å². The summed E-state index contributed by atoms with van der Waals surface area (Å²) in [6.45, 7) is 0. The van der Waals surface area contributed by atoms with Gasteiger partial charge in [0.15, 0.2) is 0 Å². The molecule has 1 aromatic carbocycles. The van der Waals surface area contributed by atoms with Crippen molar-refractivity contribution < 1.29 is 9.90 Å². The van der Waals surface area contributed by atoms with Crippen LogP contribution in [0.2, 0.25) is 0 Å². The molecule has 2 aromatic rings. The number of benzene rings is 1. The Hall–Kier alpha value is -1.86. The fourth-order valence-corrected chi connectivity index (χ4v) is 1.65. The van der Waals surface area contributed by atoms with E-state index in [0.717, 1.165) is 28.6 Å². The van der Waals surface area contributed by atoms with Crippen LogP contribution in [0.5, 0.6) is 0 Å². The maximum Gasteiger partial charge on any atom is 0.352 e. The number of nitrogens with one attached hydrogen (secondary N) is 1. The van der Waals surface area contributed by atoms with Crippen LogP contribution in [0.4, 0.5) is 0 Å². The molecule has 0 amide bonds. The molecule has 0 saturated carbocycles. The minimum Gasteiger partial charge on any atom is -0.477 e. The summed E-state index contributed by atoms with van der Waals surface area (Å²) < 4.78 is 0. The van der Waals surface area contributed by atoms with E-state index in [2.05, 4.69) is 29.5 Å². The van der Waals surface area contributed by atoms with Crippen LogP contribution in [0.1, 0.15) is 22.5 Å². The highest BCUT2D eigenvalue weighted by molar-refractivity contribution is 7.80. The Morgan fingerprint density at radius 3 is 2.94 bits per heavy atom. The Labute approximate surface area is 104 Å².